The van der Waals surface area contributed by atoms with Crippen LogP contribution in [0.4, 0.5) is 10.3 Å². The Morgan fingerprint density at radius 2 is 2.26 bits per heavy atom. The third kappa shape index (κ3) is 3.48. The summed E-state index contributed by atoms with van der Waals surface area (Å²) >= 11 is 0. The summed E-state index contributed by atoms with van der Waals surface area (Å²) in [6, 6.07) is 7.68. The van der Waals surface area contributed by atoms with Crippen LogP contribution in [0.5, 0.6) is 0 Å². The van der Waals surface area contributed by atoms with Gasteiger partial charge < -0.3 is 0 Å². The monoisotopic (exact) mass is 260 g/mol. The number of rotatable bonds is 4. The Kier molecular flexibility index (Phi) is 4.02. The van der Waals surface area contributed by atoms with Gasteiger partial charge in [0, 0.05) is 17.3 Å². The molecule has 2 aromatic rings. The predicted molar refractivity (Wildman–Crippen MR) is 71.9 cm³/mol. The lowest BCUT2D eigenvalue weighted by Crippen LogP contribution is -2.11. The van der Waals surface area contributed by atoms with Crippen molar-refractivity contribution in [2.24, 2.45) is 5.10 Å². The van der Waals surface area contributed by atoms with Crippen LogP contribution in [0, 0.1) is 5.82 Å². The zero-order chi connectivity index (χ0) is 13.7. The molecule has 0 radical (unpaired) electrons. The van der Waals surface area contributed by atoms with Crippen molar-refractivity contribution in [2.45, 2.75) is 13.3 Å². The molecule has 1 aromatic carbocycles. The van der Waals surface area contributed by atoms with Gasteiger partial charge in [-0.1, -0.05) is 25.1 Å². The van der Waals surface area contributed by atoms with Crippen molar-refractivity contribution in [2.75, 3.05) is 5.43 Å². The number of hydrogen-bond acceptors (Lipinski definition) is 4. The molecule has 0 bridgehead atoms. The van der Waals surface area contributed by atoms with Crippen LogP contribution in [-0.4, -0.2) is 16.2 Å². The molecule has 1 heterocycles. The third-order valence-electron chi connectivity index (χ3n) is 2.44. The van der Waals surface area contributed by atoms with Gasteiger partial charge in [0.15, 0.2) is 0 Å². The van der Waals surface area contributed by atoms with Gasteiger partial charge in [-0.25, -0.2) is 14.8 Å². The Hall–Kier alpha value is -2.50. The average molecular weight is 260 g/mol. The van der Waals surface area contributed by atoms with Gasteiger partial charge in [-0.05, 0) is 12.5 Å². The highest BCUT2D eigenvalue weighted by Gasteiger charge is 1.99. The molecule has 19 heavy (non-hydrogen) atoms. The zero-order valence-corrected chi connectivity index (χ0v) is 10.4. The van der Waals surface area contributed by atoms with Crippen LogP contribution >= 0.6 is 0 Å². The Labute approximate surface area is 109 Å². The van der Waals surface area contributed by atoms with E-state index in [1.54, 1.807) is 18.2 Å². The molecule has 0 amide bonds. The van der Waals surface area contributed by atoms with E-state index < -0.39 is 0 Å². The minimum atomic E-state index is -0.364. The van der Waals surface area contributed by atoms with Gasteiger partial charge >= 0.3 is 0 Å². The lowest BCUT2D eigenvalue weighted by molar-refractivity contribution is 0.626. The van der Waals surface area contributed by atoms with Gasteiger partial charge in [0.2, 0.25) is 5.95 Å². The Morgan fingerprint density at radius 1 is 1.47 bits per heavy atom. The van der Waals surface area contributed by atoms with E-state index in [0.717, 1.165) is 0 Å². The van der Waals surface area contributed by atoms with E-state index >= 15 is 0 Å². The fourth-order valence-corrected chi connectivity index (χ4v) is 1.48. The lowest BCUT2D eigenvalue weighted by atomic mass is 10.2. The molecule has 0 unspecified atom stereocenters. The maximum atomic E-state index is 13.3. The highest BCUT2D eigenvalue weighted by Crippen LogP contribution is 2.03. The van der Waals surface area contributed by atoms with Crippen LogP contribution in [-0.2, 0) is 6.42 Å². The molecule has 5 nitrogen and oxygen atoms in total. The first-order chi connectivity index (χ1) is 9.19. The first kappa shape index (κ1) is 12.9. The zero-order valence-electron chi connectivity index (χ0n) is 10.4. The molecular weight excluding hydrogens is 247 g/mol. The number of anilines is 1. The van der Waals surface area contributed by atoms with Gasteiger partial charge in [0.05, 0.1) is 6.21 Å². The van der Waals surface area contributed by atoms with Gasteiger partial charge in [-0.2, -0.15) is 5.10 Å². The van der Waals surface area contributed by atoms with Crippen LogP contribution < -0.4 is 11.0 Å². The molecule has 0 atom stereocenters. The van der Waals surface area contributed by atoms with E-state index in [0.29, 0.717) is 17.7 Å². The standard InChI is InChI=1S/C13H13FN4O/c1-2-10-7-12(19)17-13(16-10)18-15-8-9-5-3-4-6-11(9)14/h3-8H,2H2,1H3,(H2,16,17,18,19)/b15-8-. The van der Waals surface area contributed by atoms with Crippen LogP contribution in [0.3, 0.4) is 0 Å². The fraction of sp³-hybridized carbons (Fsp3) is 0.154. The van der Waals surface area contributed by atoms with E-state index in [2.05, 4.69) is 20.5 Å². The van der Waals surface area contributed by atoms with Crippen LogP contribution in [0.15, 0.2) is 40.2 Å². The summed E-state index contributed by atoms with van der Waals surface area (Å²) in [7, 11) is 0. The van der Waals surface area contributed by atoms with Crippen molar-refractivity contribution in [1.29, 1.82) is 0 Å². The van der Waals surface area contributed by atoms with Crippen molar-refractivity contribution in [3.63, 3.8) is 0 Å². The highest BCUT2D eigenvalue weighted by atomic mass is 19.1. The summed E-state index contributed by atoms with van der Waals surface area (Å²) in [6.07, 6.45) is 1.98. The van der Waals surface area contributed by atoms with Crippen molar-refractivity contribution < 1.29 is 4.39 Å². The smallest absolute Gasteiger partial charge is 0.252 e. The maximum Gasteiger partial charge on any atom is 0.252 e. The van der Waals surface area contributed by atoms with Crippen LogP contribution in [0.25, 0.3) is 0 Å². The largest absolute Gasteiger partial charge is 0.291 e. The number of nitrogens with zero attached hydrogens (tertiary/aromatic N) is 2. The van der Waals surface area contributed by atoms with Crippen molar-refractivity contribution in [3.8, 4) is 0 Å². The summed E-state index contributed by atoms with van der Waals surface area (Å²) in [5, 5.41) is 3.84. The van der Waals surface area contributed by atoms with Crippen molar-refractivity contribution in [3.05, 3.63) is 57.8 Å². The number of nitrogens with one attached hydrogen (secondary N) is 2. The predicted octanol–water partition coefficient (Wildman–Crippen LogP) is 1.92. The molecule has 0 saturated heterocycles. The topological polar surface area (TPSA) is 70.1 Å². The highest BCUT2D eigenvalue weighted by molar-refractivity contribution is 5.80. The summed E-state index contributed by atoms with van der Waals surface area (Å²) in [4.78, 5) is 17.9. The number of aryl methyl sites for hydroxylation is 1. The second kappa shape index (κ2) is 5.90. The minimum absolute atomic E-state index is 0.233. The summed E-state index contributed by atoms with van der Waals surface area (Å²) in [5.41, 5.74) is 3.33. The molecule has 2 rings (SSSR count). The van der Waals surface area contributed by atoms with E-state index in [-0.39, 0.29) is 17.3 Å². The quantitative estimate of drug-likeness (QED) is 0.651. The number of halogens is 1. The van der Waals surface area contributed by atoms with Crippen molar-refractivity contribution >= 4 is 12.2 Å². The molecule has 2 N–H and O–H groups in total. The number of H-pyrrole nitrogens is 1. The van der Waals surface area contributed by atoms with Gasteiger partial charge in [0.1, 0.15) is 5.82 Å². The molecule has 0 fully saturated rings. The second-order valence-electron chi connectivity index (χ2n) is 3.83. The van der Waals surface area contributed by atoms with Crippen molar-refractivity contribution in [1.82, 2.24) is 9.97 Å². The molecule has 6 heteroatoms. The Balaban J connectivity index is 2.13. The molecule has 0 spiro atoms. The van der Waals surface area contributed by atoms with Gasteiger partial charge in [-0.3, -0.25) is 9.78 Å². The third-order valence-corrected chi connectivity index (χ3v) is 2.44. The number of hydrazone groups is 1. The van der Waals surface area contributed by atoms with Crippen LogP contribution in [0.1, 0.15) is 18.2 Å². The van der Waals surface area contributed by atoms with Crippen LogP contribution in [0.2, 0.25) is 0 Å². The lowest BCUT2D eigenvalue weighted by Gasteiger charge is -2.01. The Bertz CT molecular complexity index is 651. The number of aromatic amines is 1. The number of aromatic nitrogens is 2. The van der Waals surface area contributed by atoms with E-state index in [9.17, 15) is 9.18 Å². The van der Waals surface area contributed by atoms with E-state index in [1.165, 1.54) is 18.3 Å². The fourth-order valence-electron chi connectivity index (χ4n) is 1.48. The van der Waals surface area contributed by atoms with E-state index in [4.69, 9.17) is 0 Å². The Morgan fingerprint density at radius 3 is 3.00 bits per heavy atom. The molecule has 0 aliphatic rings. The normalized spacial score (nSPS) is 10.8. The molecule has 0 aliphatic carbocycles. The first-order valence-corrected chi connectivity index (χ1v) is 5.83. The number of hydrogen-bond donors (Lipinski definition) is 2. The maximum absolute atomic E-state index is 13.3. The SMILES string of the molecule is CCc1cc(=O)[nH]c(N/N=C\c2ccccc2F)n1. The van der Waals surface area contributed by atoms with Gasteiger partial charge in [-0.15, -0.1) is 0 Å². The molecule has 0 aliphatic heterocycles. The molecule has 0 saturated carbocycles. The first-order valence-electron chi connectivity index (χ1n) is 5.83. The minimum Gasteiger partial charge on any atom is -0.291 e. The second-order valence-corrected chi connectivity index (χ2v) is 3.83. The van der Waals surface area contributed by atoms with Gasteiger partial charge in [0.25, 0.3) is 5.56 Å². The summed E-state index contributed by atoms with van der Waals surface area (Å²) in [5.74, 6) is -0.131. The molecule has 98 valence electrons. The van der Waals surface area contributed by atoms with E-state index in [1.807, 2.05) is 6.92 Å². The summed E-state index contributed by atoms with van der Waals surface area (Å²) in [6.45, 7) is 1.90. The molecule has 1 aromatic heterocycles. The molecular formula is C13H13FN4O. The number of benzene rings is 1. The average Bonchev–Trinajstić information content (AvgIpc) is 2.40. The summed E-state index contributed by atoms with van der Waals surface area (Å²) < 4.78 is 13.3.